The zero-order valence-corrected chi connectivity index (χ0v) is 15.8. The van der Waals surface area contributed by atoms with Crippen LogP contribution >= 0.6 is 0 Å². The van der Waals surface area contributed by atoms with Crippen molar-refractivity contribution in [2.45, 2.75) is 40.0 Å². The Hall–Kier alpha value is -2.93. The van der Waals surface area contributed by atoms with Gasteiger partial charge in [0.1, 0.15) is 6.54 Å². The minimum atomic E-state index is -0.129. The lowest BCUT2D eigenvalue weighted by molar-refractivity contribution is -0.121. The van der Waals surface area contributed by atoms with Crippen LogP contribution in [-0.4, -0.2) is 33.6 Å². The highest BCUT2D eigenvalue weighted by Crippen LogP contribution is 2.25. The summed E-state index contributed by atoms with van der Waals surface area (Å²) in [6.45, 7) is 4.55. The van der Waals surface area contributed by atoms with E-state index in [1.165, 1.54) is 0 Å². The first kappa shape index (κ1) is 18.8. The number of aryl methyl sites for hydroxylation is 1. The zero-order chi connectivity index (χ0) is 19.4. The Morgan fingerprint density at radius 1 is 1.33 bits per heavy atom. The van der Waals surface area contributed by atoms with Gasteiger partial charge in [0.05, 0.1) is 30.1 Å². The second-order valence-corrected chi connectivity index (χ2v) is 6.49. The number of aromatic amines is 1. The van der Waals surface area contributed by atoms with Gasteiger partial charge in [0.2, 0.25) is 5.91 Å². The summed E-state index contributed by atoms with van der Waals surface area (Å²) in [5.74, 6) is -0.133. The van der Waals surface area contributed by atoms with Crippen molar-refractivity contribution in [2.24, 2.45) is 0 Å². The van der Waals surface area contributed by atoms with Crippen LogP contribution in [0.5, 0.6) is 0 Å². The molecular weight excluding hydrogens is 344 g/mol. The van der Waals surface area contributed by atoms with Gasteiger partial charge in [-0.15, -0.1) is 0 Å². The molecular formula is C20H24N4O3. The maximum Gasteiger partial charge on any atom is 0.240 e. The van der Waals surface area contributed by atoms with Crippen molar-refractivity contribution >= 4 is 22.6 Å². The van der Waals surface area contributed by atoms with Gasteiger partial charge in [-0.3, -0.25) is 14.7 Å². The Balaban J connectivity index is 1.77. The summed E-state index contributed by atoms with van der Waals surface area (Å²) >= 11 is 0. The Labute approximate surface area is 157 Å². The number of ether oxygens (including phenoxy) is 1. The van der Waals surface area contributed by atoms with Crippen LogP contribution in [-0.2, 0) is 35.6 Å². The smallest absolute Gasteiger partial charge is 0.240 e. The molecule has 7 heteroatoms. The molecule has 0 radical (unpaired) electrons. The Bertz CT molecular complexity index is 971. The van der Waals surface area contributed by atoms with E-state index < -0.39 is 0 Å². The van der Waals surface area contributed by atoms with Crippen LogP contribution in [0.1, 0.15) is 41.2 Å². The number of H-pyrrole nitrogens is 1. The Kier molecular flexibility index (Phi) is 5.71. The molecule has 2 N–H and O–H groups in total. The van der Waals surface area contributed by atoms with Crippen LogP contribution in [0, 0.1) is 0 Å². The van der Waals surface area contributed by atoms with E-state index in [4.69, 9.17) is 4.74 Å². The molecule has 0 fully saturated rings. The number of ketones is 1. The van der Waals surface area contributed by atoms with Crippen LogP contribution < -0.4 is 5.32 Å². The number of hydrogen-bond acceptors (Lipinski definition) is 4. The Morgan fingerprint density at radius 2 is 2.15 bits per heavy atom. The predicted octanol–water partition coefficient (Wildman–Crippen LogP) is 2.59. The summed E-state index contributed by atoms with van der Waals surface area (Å²) in [7, 11) is 1.61. The minimum Gasteiger partial charge on any atom is -0.378 e. The number of fused-ring (bicyclic) bond motifs is 1. The van der Waals surface area contributed by atoms with Crippen molar-refractivity contribution in [3.63, 3.8) is 0 Å². The quantitative estimate of drug-likeness (QED) is 0.598. The Morgan fingerprint density at radius 3 is 2.85 bits per heavy atom. The first-order valence-electron chi connectivity index (χ1n) is 8.94. The number of nitrogens with one attached hydrogen (secondary N) is 2. The maximum atomic E-state index is 12.5. The second kappa shape index (κ2) is 8.18. The molecule has 0 bridgehead atoms. The highest BCUT2D eigenvalue weighted by atomic mass is 16.5. The summed E-state index contributed by atoms with van der Waals surface area (Å²) < 4.78 is 6.89. The molecule has 0 aliphatic rings. The lowest BCUT2D eigenvalue weighted by atomic mass is 10.1. The topological polar surface area (TPSA) is 89.0 Å². The van der Waals surface area contributed by atoms with Crippen molar-refractivity contribution in [1.29, 1.82) is 0 Å². The highest BCUT2D eigenvalue weighted by Gasteiger charge is 2.16. The monoisotopic (exact) mass is 368 g/mol. The summed E-state index contributed by atoms with van der Waals surface area (Å²) in [5.41, 5.74) is 4.31. The van der Waals surface area contributed by atoms with Crippen LogP contribution in [0.25, 0.3) is 10.9 Å². The van der Waals surface area contributed by atoms with Crippen LogP contribution in [0.4, 0.5) is 0 Å². The molecule has 2 heterocycles. The molecule has 0 spiro atoms. The van der Waals surface area contributed by atoms with Gasteiger partial charge in [-0.25, -0.2) is 0 Å². The van der Waals surface area contributed by atoms with Crippen molar-refractivity contribution in [1.82, 2.24) is 20.1 Å². The van der Waals surface area contributed by atoms with Crippen LogP contribution in [0.15, 0.2) is 30.5 Å². The average molecular weight is 368 g/mol. The van der Waals surface area contributed by atoms with Crippen molar-refractivity contribution < 1.29 is 14.3 Å². The number of Topliss-reactive ketones (excluding diaryl/α,β-unsaturated/α-hetero) is 1. The van der Waals surface area contributed by atoms with Gasteiger partial charge in [0, 0.05) is 24.3 Å². The van der Waals surface area contributed by atoms with Gasteiger partial charge in [-0.2, -0.15) is 5.10 Å². The third kappa shape index (κ3) is 4.09. The molecule has 0 atom stereocenters. The van der Waals surface area contributed by atoms with Gasteiger partial charge in [-0.05, 0) is 25.0 Å². The second-order valence-electron chi connectivity index (χ2n) is 6.49. The van der Waals surface area contributed by atoms with Crippen molar-refractivity contribution in [3.8, 4) is 0 Å². The van der Waals surface area contributed by atoms with Crippen molar-refractivity contribution in [2.75, 3.05) is 7.11 Å². The normalized spacial score (nSPS) is 11.1. The minimum absolute atomic E-state index is 0.00413. The largest absolute Gasteiger partial charge is 0.378 e. The summed E-state index contributed by atoms with van der Waals surface area (Å²) in [6.07, 6.45) is 2.61. The number of carbonyl (C=O) groups is 2. The number of methoxy groups -OCH3 is 1. The molecule has 3 aromatic rings. The van der Waals surface area contributed by atoms with Gasteiger partial charge in [0.25, 0.3) is 0 Å². The standard InChI is InChI=1S/C20H24N4O3/c1-4-14-6-5-7-17-18(13(2)25)10-24(20(14)17)11-19(26)21-9-15-8-16(12-27-3)23-22-15/h5-8,10H,4,9,11-12H2,1-3H3,(H,21,26)(H,22,23). The third-order valence-electron chi connectivity index (χ3n) is 4.51. The van der Waals surface area contributed by atoms with Crippen LogP contribution in [0.2, 0.25) is 0 Å². The van der Waals surface area contributed by atoms with Crippen LogP contribution in [0.3, 0.4) is 0 Å². The molecule has 7 nitrogen and oxygen atoms in total. The SMILES string of the molecule is CCc1cccc2c(C(C)=O)cn(CC(=O)NCc3cc(COC)n[nH]3)c12. The molecule has 142 valence electrons. The van der Waals surface area contributed by atoms with Gasteiger partial charge >= 0.3 is 0 Å². The predicted molar refractivity (Wildman–Crippen MR) is 102 cm³/mol. The lowest BCUT2D eigenvalue weighted by Gasteiger charge is -2.09. The van der Waals surface area contributed by atoms with Gasteiger partial charge in [-0.1, -0.05) is 25.1 Å². The van der Waals surface area contributed by atoms with E-state index in [-0.39, 0.29) is 18.2 Å². The fourth-order valence-electron chi connectivity index (χ4n) is 3.25. The first-order chi connectivity index (χ1) is 13.0. The molecule has 0 saturated carbocycles. The maximum absolute atomic E-state index is 12.5. The summed E-state index contributed by atoms with van der Waals surface area (Å²) in [5, 5.41) is 10.8. The summed E-state index contributed by atoms with van der Waals surface area (Å²) in [4.78, 5) is 24.5. The van der Waals surface area contributed by atoms with Crippen molar-refractivity contribution in [3.05, 3.63) is 53.0 Å². The number of rotatable bonds is 8. The number of amides is 1. The molecule has 27 heavy (non-hydrogen) atoms. The summed E-state index contributed by atoms with van der Waals surface area (Å²) in [6, 6.07) is 7.77. The number of para-hydroxylation sites is 1. The molecule has 3 rings (SSSR count). The van der Waals surface area contributed by atoms with E-state index in [0.717, 1.165) is 34.3 Å². The van der Waals surface area contributed by atoms with E-state index in [0.29, 0.717) is 18.7 Å². The molecule has 0 aliphatic heterocycles. The van der Waals surface area contributed by atoms with E-state index in [1.54, 1.807) is 20.2 Å². The molecule has 1 amide bonds. The number of benzene rings is 1. The van der Waals surface area contributed by atoms with Gasteiger partial charge < -0.3 is 14.6 Å². The molecule has 0 saturated heterocycles. The molecule has 0 aliphatic carbocycles. The number of carbonyl (C=O) groups excluding carboxylic acids is 2. The van der Waals surface area contributed by atoms with E-state index in [9.17, 15) is 9.59 Å². The lowest BCUT2D eigenvalue weighted by Crippen LogP contribution is -2.27. The fraction of sp³-hybridized carbons (Fsp3) is 0.350. The van der Waals surface area contributed by atoms with E-state index >= 15 is 0 Å². The average Bonchev–Trinajstić information content (AvgIpc) is 3.25. The number of nitrogens with zero attached hydrogens (tertiary/aromatic N) is 2. The highest BCUT2D eigenvalue weighted by molar-refractivity contribution is 6.07. The number of hydrogen-bond donors (Lipinski definition) is 2. The molecule has 2 aromatic heterocycles. The fourth-order valence-corrected chi connectivity index (χ4v) is 3.25. The number of aromatic nitrogens is 3. The van der Waals surface area contributed by atoms with Gasteiger partial charge in [0.15, 0.2) is 5.78 Å². The first-order valence-corrected chi connectivity index (χ1v) is 8.94. The molecule has 0 unspecified atom stereocenters. The van der Waals surface area contributed by atoms with E-state index in [1.807, 2.05) is 28.8 Å². The third-order valence-corrected chi connectivity index (χ3v) is 4.51. The zero-order valence-electron chi connectivity index (χ0n) is 15.8. The van der Waals surface area contributed by atoms with E-state index in [2.05, 4.69) is 22.4 Å². The molecule has 1 aromatic carbocycles.